The van der Waals surface area contributed by atoms with Gasteiger partial charge in [0.05, 0.1) is 22.5 Å². The van der Waals surface area contributed by atoms with E-state index in [1.807, 2.05) is 13.8 Å². The molecule has 24 heavy (non-hydrogen) atoms. The molecule has 0 bridgehead atoms. The highest BCUT2D eigenvalue weighted by atomic mass is 35.5. The van der Waals surface area contributed by atoms with E-state index in [1.54, 1.807) is 0 Å². The minimum Gasteiger partial charge on any atom is -0.481 e. The van der Waals surface area contributed by atoms with Gasteiger partial charge in [0.25, 0.3) is 5.91 Å². The van der Waals surface area contributed by atoms with Crippen molar-refractivity contribution in [1.29, 1.82) is 0 Å². The van der Waals surface area contributed by atoms with Gasteiger partial charge in [-0.15, -0.1) is 0 Å². The monoisotopic (exact) mass is 374 g/mol. The number of halogens is 2. The molecule has 6 nitrogen and oxygen atoms in total. The summed E-state index contributed by atoms with van der Waals surface area (Å²) in [6, 6.07) is 4.38. The number of benzene rings is 1. The van der Waals surface area contributed by atoms with Gasteiger partial charge in [0.1, 0.15) is 0 Å². The molecule has 1 aromatic carbocycles. The second-order valence-corrected chi connectivity index (χ2v) is 6.59. The number of carboxylic acids is 1. The molecule has 1 atom stereocenters. The largest absolute Gasteiger partial charge is 0.481 e. The van der Waals surface area contributed by atoms with Crippen molar-refractivity contribution in [2.75, 3.05) is 13.1 Å². The van der Waals surface area contributed by atoms with Crippen LogP contribution in [0.3, 0.4) is 0 Å². The molecule has 1 rings (SSSR count). The van der Waals surface area contributed by atoms with E-state index in [4.69, 9.17) is 28.3 Å². The fourth-order valence-electron chi connectivity index (χ4n) is 2.04. The van der Waals surface area contributed by atoms with Crippen LogP contribution in [0, 0.1) is 11.8 Å². The molecule has 0 saturated carbocycles. The molecular formula is C16H20Cl2N2O4. The lowest BCUT2D eigenvalue weighted by atomic mass is 9.97. The Morgan fingerprint density at radius 1 is 1.12 bits per heavy atom. The van der Waals surface area contributed by atoms with Crippen LogP contribution in [0.25, 0.3) is 0 Å². The predicted molar refractivity (Wildman–Crippen MR) is 92.4 cm³/mol. The van der Waals surface area contributed by atoms with Gasteiger partial charge < -0.3 is 15.7 Å². The van der Waals surface area contributed by atoms with Crippen molar-refractivity contribution in [3.05, 3.63) is 33.8 Å². The van der Waals surface area contributed by atoms with Crippen molar-refractivity contribution < 1.29 is 19.5 Å². The van der Waals surface area contributed by atoms with Crippen molar-refractivity contribution in [2.45, 2.75) is 20.3 Å². The summed E-state index contributed by atoms with van der Waals surface area (Å²) in [7, 11) is 0. The van der Waals surface area contributed by atoms with Crippen LogP contribution in [0.4, 0.5) is 0 Å². The molecule has 0 aliphatic heterocycles. The average molecular weight is 375 g/mol. The zero-order valence-electron chi connectivity index (χ0n) is 13.4. The van der Waals surface area contributed by atoms with Crippen LogP contribution in [0.2, 0.25) is 10.0 Å². The molecule has 3 N–H and O–H groups in total. The smallest absolute Gasteiger partial charge is 0.308 e. The summed E-state index contributed by atoms with van der Waals surface area (Å²) >= 11 is 11.6. The first-order chi connectivity index (χ1) is 11.2. The van der Waals surface area contributed by atoms with Crippen molar-refractivity contribution in [2.24, 2.45) is 11.8 Å². The molecule has 1 aromatic rings. The number of carboxylic acid groups (broad SMARTS) is 1. The van der Waals surface area contributed by atoms with Gasteiger partial charge in [-0.25, -0.2) is 0 Å². The molecule has 8 heteroatoms. The molecule has 2 amide bonds. The van der Waals surface area contributed by atoms with Crippen molar-refractivity contribution in [1.82, 2.24) is 10.6 Å². The molecular weight excluding hydrogens is 355 g/mol. The summed E-state index contributed by atoms with van der Waals surface area (Å²) < 4.78 is 0. The van der Waals surface area contributed by atoms with E-state index in [-0.39, 0.29) is 29.6 Å². The molecule has 0 aliphatic carbocycles. The molecule has 0 radical (unpaired) electrons. The van der Waals surface area contributed by atoms with E-state index in [1.165, 1.54) is 18.2 Å². The Morgan fingerprint density at radius 3 is 2.33 bits per heavy atom. The van der Waals surface area contributed by atoms with Gasteiger partial charge in [0.2, 0.25) is 5.91 Å². The number of nitrogens with one attached hydrogen (secondary N) is 2. The van der Waals surface area contributed by atoms with E-state index < -0.39 is 23.7 Å². The van der Waals surface area contributed by atoms with Crippen LogP contribution in [0.5, 0.6) is 0 Å². The summed E-state index contributed by atoms with van der Waals surface area (Å²) in [5.74, 6) is -2.33. The molecule has 0 heterocycles. The maximum atomic E-state index is 11.9. The number of aliphatic carboxylic acids is 1. The minimum absolute atomic E-state index is 0.0228. The highest BCUT2D eigenvalue weighted by Gasteiger charge is 2.19. The van der Waals surface area contributed by atoms with E-state index in [2.05, 4.69) is 10.6 Å². The summed E-state index contributed by atoms with van der Waals surface area (Å²) in [4.78, 5) is 34.8. The quantitative estimate of drug-likeness (QED) is 0.651. The fraction of sp³-hybridized carbons (Fsp3) is 0.438. The average Bonchev–Trinajstić information content (AvgIpc) is 2.51. The zero-order chi connectivity index (χ0) is 18.3. The Balaban J connectivity index is 2.46. The van der Waals surface area contributed by atoms with Crippen LogP contribution in [-0.4, -0.2) is 36.0 Å². The Labute approximate surface area is 150 Å². The number of carbonyl (C=O) groups is 3. The first kappa shape index (κ1) is 20.3. The minimum atomic E-state index is -0.955. The van der Waals surface area contributed by atoms with Crippen LogP contribution in [-0.2, 0) is 9.59 Å². The maximum absolute atomic E-state index is 11.9. The maximum Gasteiger partial charge on any atom is 0.308 e. The van der Waals surface area contributed by atoms with Crippen molar-refractivity contribution in [3.63, 3.8) is 0 Å². The zero-order valence-corrected chi connectivity index (χ0v) is 14.9. The fourth-order valence-corrected chi connectivity index (χ4v) is 2.34. The molecule has 0 aliphatic rings. The van der Waals surface area contributed by atoms with Crippen molar-refractivity contribution in [3.8, 4) is 0 Å². The number of amides is 2. The molecule has 1 unspecified atom stereocenters. The van der Waals surface area contributed by atoms with Crippen LogP contribution >= 0.6 is 23.2 Å². The van der Waals surface area contributed by atoms with Crippen molar-refractivity contribution >= 4 is 41.0 Å². The van der Waals surface area contributed by atoms with Gasteiger partial charge in [-0.05, 0) is 30.5 Å². The number of carbonyl (C=O) groups excluding carboxylic acids is 2. The Kier molecular flexibility index (Phi) is 8.01. The second kappa shape index (κ2) is 9.49. The lowest BCUT2D eigenvalue weighted by Crippen LogP contribution is -2.40. The number of rotatable bonds is 8. The molecule has 0 aromatic heterocycles. The van der Waals surface area contributed by atoms with E-state index in [0.29, 0.717) is 11.4 Å². The highest BCUT2D eigenvalue weighted by molar-refractivity contribution is 6.42. The first-order valence-corrected chi connectivity index (χ1v) is 8.19. The summed E-state index contributed by atoms with van der Waals surface area (Å²) in [5, 5.41) is 14.6. The lowest BCUT2D eigenvalue weighted by molar-refractivity contribution is -0.142. The van der Waals surface area contributed by atoms with Gasteiger partial charge >= 0.3 is 5.97 Å². The predicted octanol–water partition coefficient (Wildman–Crippen LogP) is 2.59. The highest BCUT2D eigenvalue weighted by Crippen LogP contribution is 2.22. The molecule has 0 saturated heterocycles. The van der Waals surface area contributed by atoms with E-state index in [9.17, 15) is 14.4 Å². The Hall–Kier alpha value is -1.79. The normalized spacial score (nSPS) is 11.9. The topological polar surface area (TPSA) is 95.5 Å². The number of hydrogen-bond acceptors (Lipinski definition) is 3. The third kappa shape index (κ3) is 6.76. The summed E-state index contributed by atoms with van der Waals surface area (Å²) in [6.45, 7) is 3.59. The van der Waals surface area contributed by atoms with Gasteiger partial charge in [-0.1, -0.05) is 37.0 Å². The van der Waals surface area contributed by atoms with E-state index in [0.717, 1.165) is 0 Å². The third-order valence-corrected chi connectivity index (χ3v) is 3.98. The standard InChI is InChI=1S/C16H20Cl2N2O4/c1-9(2)5-11(16(23)24)7-19-14(21)8-20-15(22)10-3-4-12(17)13(18)6-10/h3-4,6,9,11H,5,7-8H2,1-2H3,(H,19,21)(H,20,22)(H,23,24). The summed E-state index contributed by atoms with van der Waals surface area (Å²) in [6.07, 6.45) is 0.464. The van der Waals surface area contributed by atoms with Gasteiger partial charge in [-0.2, -0.15) is 0 Å². The van der Waals surface area contributed by atoms with Crippen LogP contribution in [0.15, 0.2) is 18.2 Å². The SMILES string of the molecule is CC(C)CC(CNC(=O)CNC(=O)c1ccc(Cl)c(Cl)c1)C(=O)O. The molecule has 0 spiro atoms. The molecule has 0 fully saturated rings. The van der Waals surface area contributed by atoms with Gasteiger partial charge in [0.15, 0.2) is 0 Å². The summed E-state index contributed by atoms with van der Waals surface area (Å²) in [5.41, 5.74) is 0.278. The second-order valence-electron chi connectivity index (χ2n) is 5.78. The first-order valence-electron chi connectivity index (χ1n) is 7.43. The number of hydrogen-bond donors (Lipinski definition) is 3. The van der Waals surface area contributed by atoms with Crippen LogP contribution < -0.4 is 10.6 Å². The third-order valence-electron chi connectivity index (χ3n) is 3.24. The van der Waals surface area contributed by atoms with Crippen LogP contribution in [0.1, 0.15) is 30.6 Å². The Morgan fingerprint density at radius 2 is 1.79 bits per heavy atom. The lowest BCUT2D eigenvalue weighted by Gasteiger charge is -2.15. The van der Waals surface area contributed by atoms with Gasteiger partial charge in [-0.3, -0.25) is 14.4 Å². The Bertz CT molecular complexity index is 620. The van der Waals surface area contributed by atoms with Gasteiger partial charge in [0, 0.05) is 12.1 Å². The molecule has 132 valence electrons. The van der Waals surface area contributed by atoms with E-state index >= 15 is 0 Å².